The third kappa shape index (κ3) is 1.76. The van der Waals surface area contributed by atoms with E-state index in [9.17, 15) is 5.11 Å². The van der Waals surface area contributed by atoms with Gasteiger partial charge < -0.3 is 0 Å². The average molecular weight is 157 g/mol. The van der Waals surface area contributed by atoms with Crippen LogP contribution < -0.4 is 5.11 Å². The van der Waals surface area contributed by atoms with Crippen LogP contribution in [0, 0.1) is 0 Å². The Labute approximate surface area is 61.9 Å². The van der Waals surface area contributed by atoms with Gasteiger partial charge in [-0.1, -0.05) is 0 Å². The van der Waals surface area contributed by atoms with Crippen LogP contribution in [0.2, 0.25) is 0 Å². The monoisotopic (exact) mass is 157 g/mol. The van der Waals surface area contributed by atoms with E-state index in [2.05, 4.69) is 15.9 Å². The van der Waals surface area contributed by atoms with E-state index in [0.717, 1.165) is 5.56 Å². The average Bonchev–Trinajstić information content (AvgIpc) is 1.90. The molecule has 9 heavy (non-hydrogen) atoms. The van der Waals surface area contributed by atoms with Crippen LogP contribution in [0.4, 0.5) is 0 Å². The van der Waals surface area contributed by atoms with Crippen LogP contribution in [0.1, 0.15) is 5.56 Å². The van der Waals surface area contributed by atoms with Gasteiger partial charge in [0.15, 0.2) is 0 Å². The molecule has 0 fully saturated rings. The normalized spacial score (nSPS) is 9.00. The van der Waals surface area contributed by atoms with Crippen molar-refractivity contribution in [2.24, 2.45) is 0 Å². The summed E-state index contributed by atoms with van der Waals surface area (Å²) >= 11 is 2.42. The molecule has 46 valence electrons. The molecule has 0 aromatic heterocycles. The van der Waals surface area contributed by atoms with Gasteiger partial charge in [-0.25, -0.2) is 0 Å². The molecule has 0 unspecified atom stereocenters. The zero-order chi connectivity index (χ0) is 6.69. The molecular weight excluding hydrogens is 152 g/mol. The van der Waals surface area contributed by atoms with E-state index < -0.39 is 0 Å². The van der Waals surface area contributed by atoms with Gasteiger partial charge in [0.1, 0.15) is 0 Å². The van der Waals surface area contributed by atoms with Gasteiger partial charge in [0, 0.05) is 0 Å². The van der Waals surface area contributed by atoms with Crippen LogP contribution in [0.3, 0.4) is 0 Å². The van der Waals surface area contributed by atoms with Gasteiger partial charge in [-0.3, -0.25) is 0 Å². The first kappa shape index (κ1) is 6.70. The fourth-order valence-corrected chi connectivity index (χ4v) is 0.787. The number of hydrogen-bond donors (Lipinski definition) is 0. The van der Waals surface area contributed by atoms with E-state index in [-0.39, 0.29) is 4.57 Å². The molecule has 0 N–H and O–H groups in total. The molecule has 1 rings (SSSR count). The third-order valence-corrected chi connectivity index (χ3v) is 1.38. The summed E-state index contributed by atoms with van der Waals surface area (Å²) in [7, 11) is 0. The van der Waals surface area contributed by atoms with E-state index in [1.165, 1.54) is 0 Å². The van der Waals surface area contributed by atoms with Crippen molar-refractivity contribution < 1.29 is 21.0 Å². The van der Waals surface area contributed by atoms with Crippen molar-refractivity contribution in [1.82, 2.24) is 0 Å². The summed E-state index contributed by atoms with van der Waals surface area (Å²) in [6.07, 6.45) is 0. The second-order valence-corrected chi connectivity index (χ2v) is 2.23. The molecule has 0 spiro atoms. The van der Waals surface area contributed by atoms with E-state index in [0.29, 0.717) is 0 Å². The first-order valence-corrected chi connectivity index (χ1v) is 3.21. The minimum atomic E-state index is -0.00407. The summed E-state index contributed by atoms with van der Waals surface area (Å²) in [5.74, 6) is 0. The maximum absolute atomic E-state index is 10.6. The molecule has 0 bridgehead atoms. The second kappa shape index (κ2) is 2.93. The summed E-state index contributed by atoms with van der Waals surface area (Å²) in [5.41, 5.74) is 0.720. The Morgan fingerprint density at radius 3 is 2.11 bits per heavy atom. The minimum absolute atomic E-state index is 0.00407. The van der Waals surface area contributed by atoms with Gasteiger partial charge in [-0.05, 0) is 0 Å². The molecule has 0 amide bonds. The van der Waals surface area contributed by atoms with Crippen LogP contribution >= 0.6 is 0 Å². The van der Waals surface area contributed by atoms with Gasteiger partial charge in [0.05, 0.1) is 0 Å². The fourth-order valence-electron chi connectivity index (χ4n) is 0.574. The van der Waals surface area contributed by atoms with Gasteiger partial charge >= 0.3 is 61.4 Å². The van der Waals surface area contributed by atoms with Crippen LogP contribution in [-0.2, 0) is 15.9 Å². The molecule has 0 aliphatic heterocycles. The van der Waals surface area contributed by atoms with Gasteiger partial charge in [0.2, 0.25) is 0 Å². The Kier molecular flexibility index (Phi) is 2.18. The van der Waals surface area contributed by atoms with E-state index in [1.54, 1.807) is 12.1 Å². The van der Waals surface area contributed by atoms with Crippen molar-refractivity contribution in [1.29, 1.82) is 0 Å². The second-order valence-electron chi connectivity index (χ2n) is 1.65. The summed E-state index contributed by atoms with van der Waals surface area (Å²) in [4.78, 5) is 0. The molecule has 2 heteroatoms. The van der Waals surface area contributed by atoms with Crippen LogP contribution in [0.25, 0.3) is 0 Å². The molecule has 0 saturated heterocycles. The molecule has 0 aliphatic carbocycles. The Balaban J connectivity index is 2.98. The summed E-state index contributed by atoms with van der Waals surface area (Å²) < 4.78 is -0.00407. The van der Waals surface area contributed by atoms with Crippen molar-refractivity contribution in [2.75, 3.05) is 0 Å². The van der Waals surface area contributed by atoms with Crippen LogP contribution in [-0.4, -0.2) is 4.57 Å². The Hall–Kier alpha value is -0.418. The molecule has 0 radical (unpaired) electrons. The molecule has 1 aromatic carbocycles. The van der Waals surface area contributed by atoms with Crippen LogP contribution in [0.5, 0.6) is 0 Å². The van der Waals surface area contributed by atoms with Crippen LogP contribution in [0.15, 0.2) is 30.3 Å². The summed E-state index contributed by atoms with van der Waals surface area (Å²) in [5, 5.41) is 10.6. The zero-order valence-electron chi connectivity index (χ0n) is 4.70. The predicted octanol–water partition coefficient (Wildman–Crippen LogP) is 0.0717. The van der Waals surface area contributed by atoms with Crippen molar-refractivity contribution in [3.8, 4) is 0 Å². The van der Waals surface area contributed by atoms with Crippen molar-refractivity contribution in [2.45, 2.75) is 0 Å². The van der Waals surface area contributed by atoms with Gasteiger partial charge in [0.25, 0.3) is 0 Å². The molecular formula is C7H5CrO-. The number of hydrogen-bond acceptors (Lipinski definition) is 1. The van der Waals surface area contributed by atoms with E-state index in [1.807, 2.05) is 18.2 Å². The van der Waals surface area contributed by atoms with E-state index >= 15 is 0 Å². The van der Waals surface area contributed by atoms with Crippen molar-refractivity contribution in [3.05, 3.63) is 35.9 Å². The van der Waals surface area contributed by atoms with Gasteiger partial charge in [-0.2, -0.15) is 0 Å². The SMILES string of the molecule is [O-][C](=[Cr])c1ccccc1. The quantitative estimate of drug-likeness (QED) is 0.565. The third-order valence-electron chi connectivity index (χ3n) is 1.01. The predicted molar refractivity (Wildman–Crippen MR) is 30.6 cm³/mol. The summed E-state index contributed by atoms with van der Waals surface area (Å²) in [6.45, 7) is 0. The Morgan fingerprint density at radius 2 is 1.78 bits per heavy atom. The van der Waals surface area contributed by atoms with Crippen molar-refractivity contribution >= 4 is 4.57 Å². The number of rotatable bonds is 1. The Morgan fingerprint density at radius 1 is 1.22 bits per heavy atom. The zero-order valence-corrected chi connectivity index (χ0v) is 5.98. The molecule has 1 nitrogen and oxygen atoms in total. The summed E-state index contributed by atoms with van der Waals surface area (Å²) in [6, 6.07) is 9.11. The van der Waals surface area contributed by atoms with E-state index in [4.69, 9.17) is 0 Å². The fraction of sp³-hybridized carbons (Fsp3) is 0. The topological polar surface area (TPSA) is 23.1 Å². The maximum atomic E-state index is 10.6. The molecule has 0 atom stereocenters. The Bertz CT molecular complexity index is 205. The molecule has 0 aliphatic rings. The number of benzene rings is 1. The van der Waals surface area contributed by atoms with Crippen molar-refractivity contribution in [3.63, 3.8) is 0 Å². The molecule has 0 heterocycles. The first-order chi connectivity index (χ1) is 4.30. The molecule has 0 saturated carbocycles. The van der Waals surface area contributed by atoms with Gasteiger partial charge in [-0.15, -0.1) is 0 Å². The first-order valence-electron chi connectivity index (χ1n) is 2.57. The standard InChI is InChI=1S/C7H5O.Cr/c8-6-7-4-2-1-3-5-7;/h1-5H;/q-1;. The molecule has 1 aromatic rings.